The average Bonchev–Trinajstić information content (AvgIpc) is 3.29. The Hall–Kier alpha value is -1.93. The van der Waals surface area contributed by atoms with Gasteiger partial charge in [0, 0.05) is 37.0 Å². The molecule has 1 aliphatic rings. The van der Waals surface area contributed by atoms with Crippen LogP contribution >= 0.6 is 0 Å². The molecule has 0 bridgehead atoms. The first-order chi connectivity index (χ1) is 15.9. The molecule has 0 amide bonds. The number of carboxylic acids is 2. The number of carbonyl (C=O) groups is 2. The van der Waals surface area contributed by atoms with Crippen LogP contribution in [0, 0.1) is 23.2 Å². The molecule has 0 N–H and O–H groups in total. The Morgan fingerprint density at radius 1 is 1.14 bits per heavy atom. The van der Waals surface area contributed by atoms with Gasteiger partial charge in [-0.05, 0) is 61.1 Å². The van der Waals surface area contributed by atoms with Gasteiger partial charge in [0.05, 0.1) is 25.9 Å². The third-order valence-corrected chi connectivity index (χ3v) is 5.82. The van der Waals surface area contributed by atoms with Crippen LogP contribution in [0.4, 0.5) is 5.88 Å². The summed E-state index contributed by atoms with van der Waals surface area (Å²) in [6.45, 7) is 1.03. The summed E-state index contributed by atoms with van der Waals surface area (Å²) in [5, 5.41) is 31.8. The molecule has 1 saturated heterocycles. The molecule has 1 aromatic carbocycles. The fourth-order valence-electron chi connectivity index (χ4n) is 4.06. The number of nitriles is 1. The van der Waals surface area contributed by atoms with Crippen molar-refractivity contribution in [1.82, 2.24) is 0 Å². The van der Waals surface area contributed by atoms with E-state index in [1.54, 1.807) is 36.4 Å². The van der Waals surface area contributed by atoms with Crippen LogP contribution in [-0.2, 0) is 9.59 Å². The standard InChI is InChI=1S/C24H26N2O7.2Na/c1-31-20-5-3-16(12-21(20)32-2)17(14-25)11-18-4-6-22(33-18)26-9-7-15(8-10-26)19(24(29)30)13-23(27)28;;/h3-6,11-12,15,19H,7-10,13H2,1-2H3,(H,27,28)(H,29,30);;/q;2*+1/p-2. The van der Waals surface area contributed by atoms with Crippen LogP contribution in [0.3, 0.4) is 0 Å². The van der Waals surface area contributed by atoms with Gasteiger partial charge in [0.25, 0.3) is 0 Å². The number of carboxylic acid groups (broad SMARTS) is 2. The Balaban J connectivity index is 0.00000306. The zero-order valence-corrected chi connectivity index (χ0v) is 24.4. The number of allylic oxidation sites excluding steroid dienone is 1. The van der Waals surface area contributed by atoms with Crippen molar-refractivity contribution in [2.75, 3.05) is 32.2 Å². The quantitative estimate of drug-likeness (QED) is 0.246. The maximum Gasteiger partial charge on any atom is 1.00 e. The number of furan rings is 1. The molecule has 11 heteroatoms. The topological polar surface area (TPSA) is 139 Å². The Kier molecular flexibility index (Phi) is 13.0. The summed E-state index contributed by atoms with van der Waals surface area (Å²) in [4.78, 5) is 24.2. The number of carbonyl (C=O) groups excluding carboxylic acids is 2. The van der Waals surface area contributed by atoms with Crippen molar-refractivity contribution in [2.45, 2.75) is 19.3 Å². The van der Waals surface area contributed by atoms with Crippen molar-refractivity contribution in [1.29, 1.82) is 5.26 Å². The fraction of sp³-hybridized carbons (Fsp3) is 0.375. The summed E-state index contributed by atoms with van der Waals surface area (Å²) in [6.07, 6.45) is 2.07. The zero-order chi connectivity index (χ0) is 24.0. The summed E-state index contributed by atoms with van der Waals surface area (Å²) in [7, 11) is 3.06. The van der Waals surface area contributed by atoms with Gasteiger partial charge in [-0.3, -0.25) is 0 Å². The first kappa shape index (κ1) is 31.1. The molecule has 9 nitrogen and oxygen atoms in total. The van der Waals surface area contributed by atoms with E-state index in [0.717, 1.165) is 0 Å². The third kappa shape index (κ3) is 8.04. The number of nitrogens with zero attached hydrogens (tertiary/aromatic N) is 2. The normalized spacial score (nSPS) is 14.7. The van der Waals surface area contributed by atoms with Crippen LogP contribution < -0.4 is 83.7 Å². The molecule has 35 heavy (non-hydrogen) atoms. The molecule has 1 unspecified atom stereocenters. The molecule has 0 radical (unpaired) electrons. The number of methoxy groups -OCH3 is 2. The van der Waals surface area contributed by atoms with Crippen molar-refractivity contribution in [3.63, 3.8) is 0 Å². The average molecular weight is 498 g/mol. The van der Waals surface area contributed by atoms with Crippen molar-refractivity contribution in [2.24, 2.45) is 11.8 Å². The number of piperidine rings is 1. The van der Waals surface area contributed by atoms with Gasteiger partial charge in [0.15, 0.2) is 17.4 Å². The minimum absolute atomic E-state index is 0. The molecule has 3 rings (SSSR count). The predicted molar refractivity (Wildman–Crippen MR) is 115 cm³/mol. The second kappa shape index (κ2) is 14.6. The van der Waals surface area contributed by atoms with Crippen LogP contribution in [0.1, 0.15) is 30.6 Å². The van der Waals surface area contributed by atoms with E-state index < -0.39 is 24.3 Å². The first-order valence-electron chi connectivity index (χ1n) is 10.5. The minimum atomic E-state index is -1.39. The summed E-state index contributed by atoms with van der Waals surface area (Å²) >= 11 is 0. The fourth-order valence-corrected chi connectivity index (χ4v) is 4.06. The van der Waals surface area contributed by atoms with Crippen molar-refractivity contribution < 1.29 is 92.8 Å². The number of rotatable bonds is 9. The number of hydrogen-bond donors (Lipinski definition) is 0. The van der Waals surface area contributed by atoms with E-state index in [4.69, 9.17) is 13.9 Å². The monoisotopic (exact) mass is 498 g/mol. The van der Waals surface area contributed by atoms with E-state index in [-0.39, 0.29) is 65.0 Å². The van der Waals surface area contributed by atoms with E-state index in [9.17, 15) is 25.1 Å². The van der Waals surface area contributed by atoms with Crippen molar-refractivity contribution in [3.8, 4) is 17.6 Å². The van der Waals surface area contributed by atoms with Crippen LogP contribution in [-0.4, -0.2) is 39.2 Å². The number of aliphatic carboxylic acids is 2. The molecule has 1 aromatic heterocycles. The Labute approximate surface area is 248 Å². The molecule has 2 heterocycles. The molecule has 1 aliphatic heterocycles. The molecule has 0 spiro atoms. The number of ether oxygens (including phenoxy) is 2. The van der Waals surface area contributed by atoms with Gasteiger partial charge in [-0.1, -0.05) is 0 Å². The predicted octanol–water partition coefficient (Wildman–Crippen LogP) is -4.91. The van der Waals surface area contributed by atoms with Crippen LogP contribution in [0.5, 0.6) is 11.5 Å². The summed E-state index contributed by atoms with van der Waals surface area (Å²) in [6, 6.07) is 10.9. The second-order valence-electron chi connectivity index (χ2n) is 7.74. The minimum Gasteiger partial charge on any atom is -0.550 e. The Morgan fingerprint density at radius 3 is 2.34 bits per heavy atom. The maximum absolute atomic E-state index is 11.3. The molecule has 0 aliphatic carbocycles. The number of anilines is 1. The van der Waals surface area contributed by atoms with Crippen molar-refractivity contribution in [3.05, 3.63) is 41.7 Å². The van der Waals surface area contributed by atoms with E-state index in [1.165, 1.54) is 14.2 Å². The van der Waals surface area contributed by atoms with Crippen LogP contribution in [0.15, 0.2) is 34.7 Å². The zero-order valence-electron chi connectivity index (χ0n) is 20.4. The van der Waals surface area contributed by atoms with Crippen molar-refractivity contribution >= 4 is 29.5 Å². The Morgan fingerprint density at radius 2 is 1.80 bits per heavy atom. The molecule has 174 valence electrons. The van der Waals surface area contributed by atoms with E-state index in [1.807, 2.05) is 4.90 Å². The SMILES string of the molecule is COc1ccc(C(C#N)=Cc2ccc(N3CCC(C(CC(=O)[O-])C(=O)[O-])CC3)o2)cc1OC.[Na+].[Na+]. The molecule has 1 atom stereocenters. The van der Waals surface area contributed by atoms with Gasteiger partial charge in [0.1, 0.15) is 5.76 Å². The first-order valence-corrected chi connectivity index (χ1v) is 10.5. The van der Waals surface area contributed by atoms with E-state index in [2.05, 4.69) is 6.07 Å². The Bertz CT molecular complexity index is 1090. The largest absolute Gasteiger partial charge is 1.00 e. The summed E-state index contributed by atoms with van der Waals surface area (Å²) in [5.41, 5.74) is 1.03. The van der Waals surface area contributed by atoms with Crippen LogP contribution in [0.25, 0.3) is 11.6 Å². The third-order valence-electron chi connectivity index (χ3n) is 5.82. The van der Waals surface area contributed by atoms with E-state index >= 15 is 0 Å². The van der Waals surface area contributed by atoms with Gasteiger partial charge in [-0.25, -0.2) is 0 Å². The van der Waals surface area contributed by atoms with Gasteiger partial charge in [-0.2, -0.15) is 5.26 Å². The van der Waals surface area contributed by atoms with Gasteiger partial charge >= 0.3 is 59.1 Å². The smallest absolute Gasteiger partial charge is 0.550 e. The molecule has 0 saturated carbocycles. The maximum atomic E-state index is 11.3. The van der Waals surface area contributed by atoms with Crippen LogP contribution in [0.2, 0.25) is 0 Å². The molecular weight excluding hydrogens is 474 g/mol. The van der Waals surface area contributed by atoms with E-state index in [0.29, 0.717) is 60.2 Å². The summed E-state index contributed by atoms with van der Waals surface area (Å²) in [5.74, 6) is -1.97. The van der Waals surface area contributed by atoms with Gasteiger partial charge in [0.2, 0.25) is 0 Å². The molecule has 2 aromatic rings. The number of hydrogen-bond acceptors (Lipinski definition) is 9. The van der Waals surface area contributed by atoms with Gasteiger partial charge in [-0.15, -0.1) is 0 Å². The van der Waals surface area contributed by atoms with Gasteiger partial charge < -0.3 is 38.6 Å². The molecule has 1 fully saturated rings. The molecular formula is C24H24N2Na2O7. The second-order valence-corrected chi connectivity index (χ2v) is 7.74. The number of benzene rings is 1. The summed E-state index contributed by atoms with van der Waals surface area (Å²) < 4.78 is 16.4.